The number of carbonyl (C=O) groups excluding carboxylic acids is 1. The van der Waals surface area contributed by atoms with Crippen LogP contribution in [0.3, 0.4) is 0 Å². The van der Waals surface area contributed by atoms with Gasteiger partial charge in [-0.05, 0) is 73.2 Å². The molecule has 5 nitrogen and oxygen atoms in total. The molecule has 27 heavy (non-hydrogen) atoms. The summed E-state index contributed by atoms with van der Waals surface area (Å²) < 4.78 is 33.0. The number of rotatable bonds is 6. The number of carbonyl (C=O) groups is 1. The van der Waals surface area contributed by atoms with E-state index in [0.29, 0.717) is 9.77 Å². The van der Waals surface area contributed by atoms with E-state index in [1.807, 2.05) is 6.07 Å². The van der Waals surface area contributed by atoms with Crippen molar-refractivity contribution in [3.63, 3.8) is 0 Å². The number of thiophene rings is 1. The molecule has 0 amide bonds. The maximum absolute atomic E-state index is 12.6. The molecule has 1 N–H and O–H groups in total. The van der Waals surface area contributed by atoms with Crippen molar-refractivity contribution >= 4 is 27.1 Å². The van der Waals surface area contributed by atoms with E-state index in [1.165, 1.54) is 23.2 Å². The van der Waals surface area contributed by atoms with Gasteiger partial charge in [-0.3, -0.25) is 4.79 Å². The topological polar surface area (TPSA) is 76.4 Å². The lowest BCUT2D eigenvalue weighted by molar-refractivity contribution is 0.101. The van der Waals surface area contributed by atoms with Gasteiger partial charge in [0.2, 0.25) is 15.8 Å². The van der Waals surface area contributed by atoms with Crippen LogP contribution in [0.25, 0.3) is 0 Å². The summed E-state index contributed by atoms with van der Waals surface area (Å²) in [7, 11) is -3.59. The minimum atomic E-state index is -3.59. The minimum absolute atomic E-state index is 0.148. The number of benzene rings is 1. The molecule has 1 aliphatic carbocycles. The summed E-state index contributed by atoms with van der Waals surface area (Å²) in [6.45, 7) is 0.148. The maximum Gasteiger partial charge on any atom is 0.240 e. The molecule has 2 aromatic heterocycles. The first-order chi connectivity index (χ1) is 13.0. The SMILES string of the molecule is O=C(c1ccco1)c1ccc(CNS(=O)(=O)c2ccc3c(c2)CCCC3)s1. The quantitative estimate of drug-likeness (QED) is 0.635. The average Bonchev–Trinajstić information content (AvgIpc) is 3.37. The van der Waals surface area contributed by atoms with Gasteiger partial charge in [0, 0.05) is 11.4 Å². The van der Waals surface area contributed by atoms with E-state index in [9.17, 15) is 13.2 Å². The van der Waals surface area contributed by atoms with Crippen LogP contribution >= 0.6 is 11.3 Å². The summed E-state index contributed by atoms with van der Waals surface area (Å²) in [5.74, 6) is 0.0758. The van der Waals surface area contributed by atoms with Crippen LogP contribution in [0.5, 0.6) is 0 Å². The Morgan fingerprint density at radius 1 is 1.07 bits per heavy atom. The molecule has 0 spiro atoms. The van der Waals surface area contributed by atoms with Crippen molar-refractivity contribution in [2.45, 2.75) is 37.1 Å². The van der Waals surface area contributed by atoms with E-state index < -0.39 is 10.0 Å². The molecular weight excluding hydrogens is 382 g/mol. The van der Waals surface area contributed by atoms with Gasteiger partial charge in [0.05, 0.1) is 16.0 Å². The number of hydrogen-bond acceptors (Lipinski definition) is 5. The standard InChI is InChI=1S/C20H19NO4S2/c22-20(18-6-3-11-25-18)19-10-8-16(26-19)13-21-27(23,24)17-9-7-14-4-1-2-5-15(14)12-17/h3,6-12,21H,1-2,4-5,13H2. The van der Waals surface area contributed by atoms with Crippen molar-refractivity contribution in [3.05, 3.63) is 75.4 Å². The molecule has 140 valence electrons. The van der Waals surface area contributed by atoms with Crippen LogP contribution in [0.15, 0.2) is 58.0 Å². The summed E-state index contributed by atoms with van der Waals surface area (Å²) in [5.41, 5.74) is 2.38. The summed E-state index contributed by atoms with van der Waals surface area (Å²) in [6, 6.07) is 12.1. The highest BCUT2D eigenvalue weighted by Crippen LogP contribution is 2.25. The van der Waals surface area contributed by atoms with Gasteiger partial charge in [0.1, 0.15) is 0 Å². The van der Waals surface area contributed by atoms with Gasteiger partial charge in [0.25, 0.3) is 0 Å². The Morgan fingerprint density at radius 2 is 1.89 bits per heavy atom. The second-order valence-corrected chi connectivity index (χ2v) is 9.47. The van der Waals surface area contributed by atoms with E-state index >= 15 is 0 Å². The number of sulfonamides is 1. The third kappa shape index (κ3) is 3.90. The molecule has 1 aliphatic rings. The predicted molar refractivity (Wildman–Crippen MR) is 104 cm³/mol. The molecule has 0 radical (unpaired) electrons. The first kappa shape index (κ1) is 18.2. The first-order valence-electron chi connectivity index (χ1n) is 8.81. The fourth-order valence-corrected chi connectivity index (χ4v) is 5.29. The second-order valence-electron chi connectivity index (χ2n) is 6.53. The molecule has 0 aliphatic heterocycles. The van der Waals surface area contributed by atoms with Gasteiger partial charge < -0.3 is 4.42 Å². The molecule has 0 saturated heterocycles. The number of hydrogen-bond donors (Lipinski definition) is 1. The molecule has 0 atom stereocenters. The minimum Gasteiger partial charge on any atom is -0.461 e. The van der Waals surface area contributed by atoms with Gasteiger partial charge in [0.15, 0.2) is 5.76 Å². The highest BCUT2D eigenvalue weighted by Gasteiger charge is 2.19. The van der Waals surface area contributed by atoms with E-state index in [2.05, 4.69) is 4.72 Å². The number of furan rings is 1. The summed E-state index contributed by atoms with van der Waals surface area (Å²) in [4.78, 5) is 13.8. The fourth-order valence-electron chi connectivity index (χ4n) is 3.25. The van der Waals surface area contributed by atoms with Crippen LogP contribution in [0.1, 0.15) is 44.3 Å². The number of nitrogens with one attached hydrogen (secondary N) is 1. The van der Waals surface area contributed by atoms with E-state index in [0.717, 1.165) is 36.1 Å². The third-order valence-electron chi connectivity index (χ3n) is 4.70. The monoisotopic (exact) mass is 401 g/mol. The molecule has 4 rings (SSSR count). The number of fused-ring (bicyclic) bond motifs is 1. The molecule has 0 bridgehead atoms. The van der Waals surface area contributed by atoms with Gasteiger partial charge in [-0.1, -0.05) is 6.07 Å². The lowest BCUT2D eigenvalue weighted by Gasteiger charge is -2.16. The zero-order chi connectivity index (χ0) is 18.9. The maximum atomic E-state index is 12.6. The largest absolute Gasteiger partial charge is 0.461 e. The lowest BCUT2D eigenvalue weighted by Crippen LogP contribution is -2.23. The third-order valence-corrected chi connectivity index (χ3v) is 7.18. The van der Waals surface area contributed by atoms with Crippen molar-refractivity contribution in [2.24, 2.45) is 0 Å². The van der Waals surface area contributed by atoms with Crippen LogP contribution in [-0.2, 0) is 29.4 Å². The molecule has 0 fully saturated rings. The van der Waals surface area contributed by atoms with Crippen LogP contribution < -0.4 is 4.72 Å². The van der Waals surface area contributed by atoms with Gasteiger partial charge in [-0.15, -0.1) is 11.3 Å². The van der Waals surface area contributed by atoms with Gasteiger partial charge in [-0.2, -0.15) is 0 Å². The molecule has 2 heterocycles. The predicted octanol–water partition coefficient (Wildman–Crippen LogP) is 3.93. The highest BCUT2D eigenvalue weighted by molar-refractivity contribution is 7.89. The molecule has 0 unspecified atom stereocenters. The van der Waals surface area contributed by atoms with E-state index in [4.69, 9.17) is 4.42 Å². The second kappa shape index (κ2) is 7.42. The summed E-state index contributed by atoms with van der Waals surface area (Å²) >= 11 is 1.26. The number of ketones is 1. The van der Waals surface area contributed by atoms with Crippen molar-refractivity contribution in [3.8, 4) is 0 Å². The zero-order valence-corrected chi connectivity index (χ0v) is 16.2. The van der Waals surface area contributed by atoms with Crippen LogP contribution in [0.4, 0.5) is 0 Å². The lowest BCUT2D eigenvalue weighted by atomic mass is 9.92. The molecule has 0 saturated carbocycles. The Kier molecular flexibility index (Phi) is 4.99. The van der Waals surface area contributed by atoms with E-state index in [1.54, 1.807) is 36.4 Å². The molecule has 3 aromatic rings. The summed E-state index contributed by atoms with van der Waals surface area (Å²) in [6.07, 6.45) is 5.67. The summed E-state index contributed by atoms with van der Waals surface area (Å²) in [5, 5.41) is 0. The van der Waals surface area contributed by atoms with Gasteiger partial charge in [-0.25, -0.2) is 13.1 Å². The van der Waals surface area contributed by atoms with Gasteiger partial charge >= 0.3 is 0 Å². The number of aryl methyl sites for hydroxylation is 2. The Labute approximate surface area is 162 Å². The normalized spacial score (nSPS) is 14.1. The highest BCUT2D eigenvalue weighted by atomic mass is 32.2. The average molecular weight is 402 g/mol. The molecule has 1 aromatic carbocycles. The molecular formula is C20H19NO4S2. The smallest absolute Gasteiger partial charge is 0.240 e. The van der Waals surface area contributed by atoms with Crippen LogP contribution in [0, 0.1) is 0 Å². The van der Waals surface area contributed by atoms with Crippen molar-refractivity contribution < 1.29 is 17.6 Å². The Hall–Kier alpha value is -2.22. The van der Waals surface area contributed by atoms with Crippen molar-refractivity contribution in [1.29, 1.82) is 0 Å². The Balaban J connectivity index is 1.46. The fraction of sp³-hybridized carbons (Fsp3) is 0.250. The van der Waals surface area contributed by atoms with Crippen molar-refractivity contribution in [1.82, 2.24) is 4.72 Å². The molecule has 7 heteroatoms. The Morgan fingerprint density at radius 3 is 2.67 bits per heavy atom. The Bertz CT molecular complexity index is 1070. The zero-order valence-electron chi connectivity index (χ0n) is 14.6. The van der Waals surface area contributed by atoms with E-state index in [-0.39, 0.29) is 18.1 Å². The first-order valence-corrected chi connectivity index (χ1v) is 11.1. The van der Waals surface area contributed by atoms with Crippen molar-refractivity contribution in [2.75, 3.05) is 0 Å². The van der Waals surface area contributed by atoms with Crippen LogP contribution in [0.2, 0.25) is 0 Å². The van der Waals surface area contributed by atoms with Crippen LogP contribution in [-0.4, -0.2) is 14.2 Å².